The second kappa shape index (κ2) is 5.87. The smallest absolute Gasteiger partial charge is 0.301 e. The number of rotatable bonds is 4. The molecule has 0 N–H and O–H groups in total. The molecule has 20 heavy (non-hydrogen) atoms. The summed E-state index contributed by atoms with van der Waals surface area (Å²) in [6, 6.07) is 6.32. The zero-order valence-electron chi connectivity index (χ0n) is 10.7. The molecular weight excluding hydrogens is 280 g/mol. The van der Waals surface area contributed by atoms with Crippen molar-refractivity contribution in [2.45, 2.75) is 6.92 Å². The Morgan fingerprint density at radius 3 is 2.25 bits per heavy atom. The number of hydrogen-bond acceptors (Lipinski definition) is 5. The minimum atomic E-state index is -0.586. The summed E-state index contributed by atoms with van der Waals surface area (Å²) in [7, 11) is 0. The van der Waals surface area contributed by atoms with Gasteiger partial charge in [0.2, 0.25) is 0 Å². The summed E-state index contributed by atoms with van der Waals surface area (Å²) in [5, 5.41) is 1.12. The van der Waals surface area contributed by atoms with E-state index < -0.39 is 17.1 Å². The van der Waals surface area contributed by atoms with Crippen molar-refractivity contribution in [3.63, 3.8) is 0 Å². The molecule has 2 rings (SSSR count). The van der Waals surface area contributed by atoms with Crippen LogP contribution in [0, 0.1) is 0 Å². The van der Waals surface area contributed by atoms with E-state index in [1.54, 1.807) is 19.1 Å². The van der Waals surface area contributed by atoms with Crippen LogP contribution in [0.3, 0.4) is 0 Å². The van der Waals surface area contributed by atoms with E-state index in [1.165, 1.54) is 12.1 Å². The molecule has 7 heteroatoms. The van der Waals surface area contributed by atoms with E-state index in [1.807, 2.05) is 0 Å². The van der Waals surface area contributed by atoms with Crippen LogP contribution < -0.4 is 0 Å². The van der Waals surface area contributed by atoms with Crippen LogP contribution in [0.5, 0.6) is 0 Å². The van der Waals surface area contributed by atoms with Crippen LogP contribution in [-0.4, -0.2) is 45.7 Å². The highest BCUT2D eigenvalue weighted by atomic mass is 32.2. The van der Waals surface area contributed by atoms with Crippen LogP contribution in [-0.2, 0) is 4.79 Å². The molecule has 0 saturated carbocycles. The number of imide groups is 1. The van der Waals surface area contributed by atoms with Crippen LogP contribution in [0.4, 0.5) is 4.79 Å². The highest BCUT2D eigenvalue weighted by Crippen LogP contribution is 2.25. The van der Waals surface area contributed by atoms with Crippen molar-refractivity contribution in [3.05, 3.63) is 35.4 Å². The molecule has 6 nitrogen and oxygen atoms in total. The maximum atomic E-state index is 12.2. The lowest BCUT2D eigenvalue weighted by molar-refractivity contribution is -0.109. The van der Waals surface area contributed by atoms with Gasteiger partial charge in [-0.15, -0.1) is 0 Å². The predicted molar refractivity (Wildman–Crippen MR) is 73.2 cm³/mol. The Bertz CT molecular complexity index is 552. The first kappa shape index (κ1) is 14.3. The van der Waals surface area contributed by atoms with E-state index >= 15 is 0 Å². The molecule has 1 aliphatic rings. The van der Waals surface area contributed by atoms with Crippen LogP contribution >= 0.6 is 11.8 Å². The molecule has 0 unspecified atom stereocenters. The summed E-state index contributed by atoms with van der Waals surface area (Å²) < 4.78 is 0. The monoisotopic (exact) mass is 292 g/mol. The second-order valence-electron chi connectivity index (χ2n) is 3.92. The maximum absolute atomic E-state index is 12.2. The SMILES string of the molecule is CCSC(=O)N(CC=O)N1C(=O)c2ccccc2C1=O. The van der Waals surface area contributed by atoms with Gasteiger partial charge < -0.3 is 4.79 Å². The predicted octanol–water partition coefficient (Wildman–Crippen LogP) is 1.57. The number of amides is 3. The van der Waals surface area contributed by atoms with Gasteiger partial charge in [-0.2, -0.15) is 5.01 Å². The van der Waals surface area contributed by atoms with Crippen LogP contribution in [0.2, 0.25) is 0 Å². The zero-order chi connectivity index (χ0) is 14.7. The number of thioether (sulfide) groups is 1. The Kier molecular flexibility index (Phi) is 4.19. The van der Waals surface area contributed by atoms with Gasteiger partial charge in [0.1, 0.15) is 6.29 Å². The normalized spacial score (nSPS) is 13.3. The molecule has 0 bridgehead atoms. The number of nitrogens with zero attached hydrogens (tertiary/aromatic N) is 2. The van der Waals surface area contributed by atoms with E-state index in [0.717, 1.165) is 21.8 Å². The molecule has 1 aliphatic heterocycles. The van der Waals surface area contributed by atoms with Crippen molar-refractivity contribution in [2.75, 3.05) is 12.3 Å². The number of hydrogen-bond donors (Lipinski definition) is 0. The highest BCUT2D eigenvalue weighted by Gasteiger charge is 2.40. The Balaban J connectivity index is 2.37. The molecule has 0 radical (unpaired) electrons. The van der Waals surface area contributed by atoms with Crippen molar-refractivity contribution in [1.82, 2.24) is 10.0 Å². The molecule has 0 aromatic heterocycles. The molecule has 1 aromatic rings. The topological polar surface area (TPSA) is 74.8 Å². The molecule has 104 valence electrons. The summed E-state index contributed by atoms with van der Waals surface area (Å²) in [5.41, 5.74) is 0.477. The largest absolute Gasteiger partial charge is 0.301 e. The molecule has 0 atom stereocenters. The van der Waals surface area contributed by atoms with E-state index in [0.29, 0.717) is 12.0 Å². The fraction of sp³-hybridized carbons (Fsp3) is 0.231. The van der Waals surface area contributed by atoms with E-state index in [9.17, 15) is 19.2 Å². The van der Waals surface area contributed by atoms with Crippen LogP contribution in [0.25, 0.3) is 0 Å². The Hall–Kier alpha value is -2.15. The molecule has 0 spiro atoms. The Morgan fingerprint density at radius 2 is 1.80 bits per heavy atom. The number of hydrazine groups is 1. The lowest BCUT2D eigenvalue weighted by Gasteiger charge is -2.27. The Labute approximate surface area is 119 Å². The number of fused-ring (bicyclic) bond motifs is 1. The van der Waals surface area contributed by atoms with E-state index in [4.69, 9.17) is 0 Å². The van der Waals surface area contributed by atoms with Crippen molar-refractivity contribution >= 4 is 35.1 Å². The van der Waals surface area contributed by atoms with Gasteiger partial charge in [0.25, 0.3) is 11.8 Å². The number of aldehydes is 1. The molecule has 1 aromatic carbocycles. The van der Waals surface area contributed by atoms with Gasteiger partial charge in [-0.25, -0.2) is 5.01 Å². The summed E-state index contributed by atoms with van der Waals surface area (Å²) in [6.07, 6.45) is 0.484. The fourth-order valence-electron chi connectivity index (χ4n) is 1.90. The van der Waals surface area contributed by atoms with Gasteiger partial charge in [-0.1, -0.05) is 30.8 Å². The number of carbonyl (C=O) groups is 4. The third kappa shape index (κ3) is 2.32. The van der Waals surface area contributed by atoms with Crippen LogP contribution in [0.1, 0.15) is 27.6 Å². The van der Waals surface area contributed by atoms with Gasteiger partial charge in [0, 0.05) is 0 Å². The highest BCUT2D eigenvalue weighted by molar-refractivity contribution is 8.13. The van der Waals surface area contributed by atoms with Crippen molar-refractivity contribution < 1.29 is 19.2 Å². The minimum Gasteiger partial charge on any atom is -0.301 e. The van der Waals surface area contributed by atoms with Gasteiger partial charge >= 0.3 is 5.24 Å². The van der Waals surface area contributed by atoms with Gasteiger partial charge in [-0.05, 0) is 17.9 Å². The average Bonchev–Trinajstić information content (AvgIpc) is 2.70. The average molecular weight is 292 g/mol. The van der Waals surface area contributed by atoms with Gasteiger partial charge in [0.05, 0.1) is 17.7 Å². The summed E-state index contributed by atoms with van der Waals surface area (Å²) in [5.74, 6) is -0.688. The molecule has 0 aliphatic carbocycles. The molecular formula is C13H12N2O4S. The number of carbonyl (C=O) groups excluding carboxylic acids is 4. The van der Waals surface area contributed by atoms with Crippen molar-refractivity contribution in [2.24, 2.45) is 0 Å². The lowest BCUT2D eigenvalue weighted by atomic mass is 10.1. The second-order valence-corrected chi connectivity index (χ2v) is 5.13. The van der Waals surface area contributed by atoms with Gasteiger partial charge in [0.15, 0.2) is 0 Å². The van der Waals surface area contributed by atoms with E-state index in [-0.39, 0.29) is 17.7 Å². The lowest BCUT2D eigenvalue weighted by Crippen LogP contribution is -2.49. The molecule has 3 amide bonds. The third-order valence-electron chi connectivity index (χ3n) is 2.74. The fourth-order valence-corrected chi connectivity index (χ4v) is 2.45. The zero-order valence-corrected chi connectivity index (χ0v) is 11.6. The quantitative estimate of drug-likeness (QED) is 0.622. The van der Waals surface area contributed by atoms with Crippen molar-refractivity contribution in [3.8, 4) is 0 Å². The molecule has 0 saturated heterocycles. The first-order valence-electron chi connectivity index (χ1n) is 5.97. The first-order chi connectivity index (χ1) is 9.61. The first-order valence-corrected chi connectivity index (χ1v) is 6.96. The summed E-state index contributed by atoms with van der Waals surface area (Å²) in [6.45, 7) is 1.43. The Morgan fingerprint density at radius 1 is 1.25 bits per heavy atom. The van der Waals surface area contributed by atoms with Crippen LogP contribution in [0.15, 0.2) is 24.3 Å². The number of benzene rings is 1. The summed E-state index contributed by atoms with van der Waals surface area (Å²) in [4.78, 5) is 47.1. The maximum Gasteiger partial charge on any atom is 0.301 e. The standard InChI is InChI=1S/C13H12N2O4S/c1-2-20-13(19)14(7-8-16)15-11(17)9-5-3-4-6-10(9)12(15)18/h3-6,8H,2,7H2,1H3. The third-order valence-corrected chi connectivity index (χ3v) is 3.49. The minimum absolute atomic E-state index is 0.239. The molecule has 1 heterocycles. The van der Waals surface area contributed by atoms with E-state index in [2.05, 4.69) is 0 Å². The van der Waals surface area contributed by atoms with Crippen molar-refractivity contribution in [1.29, 1.82) is 0 Å². The summed E-state index contributed by atoms with van der Waals surface area (Å²) >= 11 is 0.931. The molecule has 0 fully saturated rings. The van der Waals surface area contributed by atoms with Gasteiger partial charge in [-0.3, -0.25) is 14.4 Å².